The number of aromatic hydroxyl groups is 1. The maximum Gasteiger partial charge on any atom is 0.254 e. The van der Waals surface area contributed by atoms with Crippen LogP contribution in [0.2, 0.25) is 0 Å². The second-order valence-electron chi connectivity index (χ2n) is 7.00. The lowest BCUT2D eigenvalue weighted by molar-refractivity contribution is -0.133. The van der Waals surface area contributed by atoms with Crippen LogP contribution in [-0.4, -0.2) is 52.4 Å². The maximum atomic E-state index is 12.8. The minimum absolute atomic E-state index is 0.0254. The summed E-state index contributed by atoms with van der Waals surface area (Å²) in [5.74, 6) is 0.224. The normalized spacial score (nSPS) is 17.6. The molecule has 1 aromatic rings. The summed E-state index contributed by atoms with van der Waals surface area (Å²) in [5.41, 5.74) is 1.38. The van der Waals surface area contributed by atoms with Gasteiger partial charge in [-0.2, -0.15) is 0 Å². The zero-order valence-electron chi connectivity index (χ0n) is 15.6. The summed E-state index contributed by atoms with van der Waals surface area (Å²) in [4.78, 5) is 28.8. The van der Waals surface area contributed by atoms with Gasteiger partial charge in [0.25, 0.3) is 5.91 Å². The monoisotopic (exact) mass is 346 g/mol. The standard InChI is InChI=1S/C20H30N2O3/c1-4-5-6-7-8-19(24)21-11-12-22(16(3)14-21)20(25)18-13-17(23)10-9-15(18)2/h9-10,13,16,23H,4-8,11-12,14H2,1-3H3/t16-/m1/s1. The molecule has 0 radical (unpaired) electrons. The molecular weight excluding hydrogens is 316 g/mol. The molecule has 0 aliphatic carbocycles. The van der Waals surface area contributed by atoms with E-state index >= 15 is 0 Å². The number of hydrogen-bond acceptors (Lipinski definition) is 3. The van der Waals surface area contributed by atoms with Crippen LogP contribution in [0.5, 0.6) is 5.75 Å². The Hall–Kier alpha value is -2.04. The summed E-state index contributed by atoms with van der Waals surface area (Å²) in [5, 5.41) is 9.66. The van der Waals surface area contributed by atoms with Crippen molar-refractivity contribution in [3.05, 3.63) is 29.3 Å². The maximum absolute atomic E-state index is 12.8. The van der Waals surface area contributed by atoms with E-state index in [-0.39, 0.29) is 23.6 Å². The highest BCUT2D eigenvalue weighted by Crippen LogP contribution is 2.21. The predicted octanol–water partition coefficient (Wildman–Crippen LogP) is 3.34. The quantitative estimate of drug-likeness (QED) is 0.804. The van der Waals surface area contributed by atoms with Gasteiger partial charge in [0.1, 0.15) is 5.75 Å². The number of phenolic OH excluding ortho intramolecular Hbond substituents is 1. The van der Waals surface area contributed by atoms with E-state index in [2.05, 4.69) is 6.92 Å². The number of unbranched alkanes of at least 4 members (excludes halogenated alkanes) is 3. The number of amides is 2. The van der Waals surface area contributed by atoms with E-state index in [0.717, 1.165) is 18.4 Å². The average molecular weight is 346 g/mol. The molecule has 0 unspecified atom stereocenters. The van der Waals surface area contributed by atoms with Crippen molar-refractivity contribution < 1.29 is 14.7 Å². The van der Waals surface area contributed by atoms with E-state index in [1.54, 1.807) is 12.1 Å². The van der Waals surface area contributed by atoms with Crippen LogP contribution in [0.25, 0.3) is 0 Å². The van der Waals surface area contributed by atoms with E-state index < -0.39 is 0 Å². The smallest absolute Gasteiger partial charge is 0.254 e. The molecule has 0 aromatic heterocycles. The highest BCUT2D eigenvalue weighted by Gasteiger charge is 2.30. The first-order chi connectivity index (χ1) is 11.9. The first-order valence-electron chi connectivity index (χ1n) is 9.32. The van der Waals surface area contributed by atoms with Crippen LogP contribution in [0, 0.1) is 6.92 Å². The molecule has 1 heterocycles. The molecular formula is C20H30N2O3. The Balaban J connectivity index is 1.93. The molecule has 0 bridgehead atoms. The number of nitrogens with zero attached hydrogens (tertiary/aromatic N) is 2. The Bertz CT molecular complexity index is 615. The van der Waals surface area contributed by atoms with Crippen molar-refractivity contribution in [1.29, 1.82) is 0 Å². The second kappa shape index (κ2) is 8.88. The lowest BCUT2D eigenvalue weighted by Gasteiger charge is -2.40. The third kappa shape index (κ3) is 4.97. The highest BCUT2D eigenvalue weighted by molar-refractivity contribution is 5.96. The molecule has 1 N–H and O–H groups in total. The average Bonchev–Trinajstić information content (AvgIpc) is 2.60. The van der Waals surface area contributed by atoms with Crippen LogP contribution >= 0.6 is 0 Å². The Labute approximate surface area is 150 Å². The molecule has 1 aliphatic heterocycles. The van der Waals surface area contributed by atoms with E-state index in [0.29, 0.717) is 31.6 Å². The number of phenols is 1. The van der Waals surface area contributed by atoms with Gasteiger partial charge in [-0.3, -0.25) is 9.59 Å². The van der Waals surface area contributed by atoms with Gasteiger partial charge in [-0.25, -0.2) is 0 Å². The number of rotatable bonds is 6. The Morgan fingerprint density at radius 2 is 1.96 bits per heavy atom. The molecule has 1 fully saturated rings. The summed E-state index contributed by atoms with van der Waals surface area (Å²) in [7, 11) is 0. The number of carbonyl (C=O) groups is 2. The Morgan fingerprint density at radius 1 is 1.20 bits per heavy atom. The topological polar surface area (TPSA) is 60.9 Å². The van der Waals surface area contributed by atoms with Gasteiger partial charge in [-0.05, 0) is 38.0 Å². The third-order valence-electron chi connectivity index (χ3n) is 4.94. The van der Waals surface area contributed by atoms with Crippen molar-refractivity contribution in [2.24, 2.45) is 0 Å². The molecule has 5 heteroatoms. The van der Waals surface area contributed by atoms with Crippen LogP contribution in [0.4, 0.5) is 0 Å². The fourth-order valence-electron chi connectivity index (χ4n) is 3.34. The number of carbonyl (C=O) groups excluding carboxylic acids is 2. The van der Waals surface area contributed by atoms with Gasteiger partial charge in [0.15, 0.2) is 0 Å². The Kier molecular flexibility index (Phi) is 6.85. The summed E-state index contributed by atoms with van der Waals surface area (Å²) >= 11 is 0. The molecule has 25 heavy (non-hydrogen) atoms. The molecule has 0 spiro atoms. The van der Waals surface area contributed by atoms with Gasteiger partial charge in [0.2, 0.25) is 5.91 Å². The number of piperazine rings is 1. The molecule has 1 aliphatic rings. The zero-order valence-corrected chi connectivity index (χ0v) is 15.6. The molecule has 1 saturated heterocycles. The molecule has 2 amide bonds. The predicted molar refractivity (Wildman–Crippen MR) is 98.7 cm³/mol. The van der Waals surface area contributed by atoms with Crippen LogP contribution in [0.1, 0.15) is 61.9 Å². The fourth-order valence-corrected chi connectivity index (χ4v) is 3.34. The summed E-state index contributed by atoms with van der Waals surface area (Å²) < 4.78 is 0. The van der Waals surface area contributed by atoms with Crippen molar-refractivity contribution in [3.63, 3.8) is 0 Å². The largest absolute Gasteiger partial charge is 0.508 e. The molecule has 1 atom stereocenters. The van der Waals surface area contributed by atoms with Crippen molar-refractivity contribution in [1.82, 2.24) is 9.80 Å². The lowest BCUT2D eigenvalue weighted by atomic mass is 10.0. The van der Waals surface area contributed by atoms with Crippen molar-refractivity contribution in [3.8, 4) is 5.75 Å². The van der Waals surface area contributed by atoms with Crippen LogP contribution in [0.15, 0.2) is 18.2 Å². The number of benzene rings is 1. The van der Waals surface area contributed by atoms with Crippen LogP contribution < -0.4 is 0 Å². The highest BCUT2D eigenvalue weighted by atomic mass is 16.3. The molecule has 0 saturated carbocycles. The van der Waals surface area contributed by atoms with E-state index in [1.165, 1.54) is 18.9 Å². The summed E-state index contributed by atoms with van der Waals surface area (Å²) in [6, 6.07) is 4.84. The number of aryl methyl sites for hydroxylation is 1. The van der Waals surface area contributed by atoms with Gasteiger partial charge in [-0.1, -0.05) is 32.3 Å². The minimum atomic E-state index is -0.0732. The van der Waals surface area contributed by atoms with Gasteiger partial charge < -0.3 is 14.9 Å². The molecule has 2 rings (SSSR count). The third-order valence-corrected chi connectivity index (χ3v) is 4.94. The second-order valence-corrected chi connectivity index (χ2v) is 7.00. The number of hydrogen-bond donors (Lipinski definition) is 1. The first-order valence-corrected chi connectivity index (χ1v) is 9.32. The molecule has 1 aromatic carbocycles. The van der Waals surface area contributed by atoms with E-state index in [4.69, 9.17) is 0 Å². The fraction of sp³-hybridized carbons (Fsp3) is 0.600. The van der Waals surface area contributed by atoms with E-state index in [9.17, 15) is 14.7 Å². The SMILES string of the molecule is CCCCCCC(=O)N1CCN(C(=O)c2cc(O)ccc2C)[C@H](C)C1. The Morgan fingerprint density at radius 3 is 2.64 bits per heavy atom. The molecule has 138 valence electrons. The van der Waals surface area contributed by atoms with Crippen molar-refractivity contribution >= 4 is 11.8 Å². The summed E-state index contributed by atoms with van der Waals surface area (Å²) in [6.45, 7) is 7.71. The van der Waals surface area contributed by atoms with Gasteiger partial charge in [-0.15, -0.1) is 0 Å². The van der Waals surface area contributed by atoms with E-state index in [1.807, 2.05) is 23.6 Å². The molecule has 5 nitrogen and oxygen atoms in total. The lowest BCUT2D eigenvalue weighted by Crippen LogP contribution is -2.55. The van der Waals surface area contributed by atoms with Gasteiger partial charge in [0.05, 0.1) is 0 Å². The van der Waals surface area contributed by atoms with Gasteiger partial charge >= 0.3 is 0 Å². The van der Waals surface area contributed by atoms with Crippen LogP contribution in [0.3, 0.4) is 0 Å². The minimum Gasteiger partial charge on any atom is -0.508 e. The van der Waals surface area contributed by atoms with Gasteiger partial charge in [0, 0.05) is 37.7 Å². The van der Waals surface area contributed by atoms with Crippen LogP contribution in [-0.2, 0) is 4.79 Å². The van der Waals surface area contributed by atoms with Crippen molar-refractivity contribution in [2.75, 3.05) is 19.6 Å². The summed E-state index contributed by atoms with van der Waals surface area (Å²) in [6.07, 6.45) is 5.00. The first kappa shape index (κ1) is 19.3. The zero-order chi connectivity index (χ0) is 18.4. The van der Waals surface area contributed by atoms with Crippen molar-refractivity contribution in [2.45, 2.75) is 58.9 Å².